The Bertz CT molecular complexity index is 492. The molecular weight excluding hydrogens is 278 g/mol. The maximum Gasteiger partial charge on any atom is 0.328 e. The average Bonchev–Trinajstić information content (AvgIpc) is 2.23. The number of hydrogen-bond acceptors (Lipinski definition) is 3. The number of aromatic amines is 1. The number of amides is 1. The largest absolute Gasteiger partial charge is 0.355 e. The van der Waals surface area contributed by atoms with Crippen molar-refractivity contribution in [2.45, 2.75) is 19.9 Å². The second-order valence-electron chi connectivity index (χ2n) is 3.21. The Labute approximate surface area is 99.8 Å². The van der Waals surface area contributed by atoms with Crippen LogP contribution in [0.5, 0.6) is 0 Å². The molecule has 0 saturated heterocycles. The molecule has 1 rings (SSSR count). The first kappa shape index (κ1) is 12.7. The summed E-state index contributed by atoms with van der Waals surface area (Å²) in [6.45, 7) is 2.40. The first-order chi connectivity index (χ1) is 7.54. The van der Waals surface area contributed by atoms with Crippen LogP contribution in [-0.2, 0) is 11.3 Å². The van der Waals surface area contributed by atoms with Crippen molar-refractivity contribution in [2.24, 2.45) is 0 Å². The first-order valence-corrected chi connectivity index (χ1v) is 5.60. The Hall–Kier alpha value is -1.37. The Morgan fingerprint density at radius 3 is 2.88 bits per heavy atom. The zero-order valence-corrected chi connectivity index (χ0v) is 10.3. The highest BCUT2D eigenvalue weighted by molar-refractivity contribution is 9.10. The summed E-state index contributed by atoms with van der Waals surface area (Å²) in [4.78, 5) is 35.8. The lowest BCUT2D eigenvalue weighted by Gasteiger charge is -2.05. The number of hydrogen-bond donors (Lipinski definition) is 2. The fourth-order valence-corrected chi connectivity index (χ4v) is 1.42. The standard InChI is InChI=1S/C9H12BrN3O3/c1-2-3-11-7(14)5-13-4-6(10)8(15)12-9(13)16/h4H,2-3,5H2,1H3,(H,11,14)(H,12,15,16). The number of rotatable bonds is 4. The molecule has 0 bridgehead atoms. The number of carbonyl (C=O) groups is 1. The maximum atomic E-state index is 11.3. The highest BCUT2D eigenvalue weighted by atomic mass is 79.9. The molecule has 7 heteroatoms. The van der Waals surface area contributed by atoms with Gasteiger partial charge in [0, 0.05) is 12.7 Å². The number of nitrogens with one attached hydrogen (secondary N) is 2. The van der Waals surface area contributed by atoms with Crippen LogP contribution in [0.15, 0.2) is 20.3 Å². The molecule has 1 aromatic rings. The summed E-state index contributed by atoms with van der Waals surface area (Å²) in [6.07, 6.45) is 2.13. The van der Waals surface area contributed by atoms with Gasteiger partial charge in [0.25, 0.3) is 5.56 Å². The van der Waals surface area contributed by atoms with Crippen molar-refractivity contribution in [3.63, 3.8) is 0 Å². The fourth-order valence-electron chi connectivity index (χ4n) is 1.08. The van der Waals surface area contributed by atoms with E-state index in [0.717, 1.165) is 11.0 Å². The third-order valence-electron chi connectivity index (χ3n) is 1.85. The molecule has 1 amide bonds. The van der Waals surface area contributed by atoms with Gasteiger partial charge in [-0.1, -0.05) is 6.92 Å². The monoisotopic (exact) mass is 289 g/mol. The number of H-pyrrole nitrogens is 1. The summed E-state index contributed by atoms with van der Waals surface area (Å²) in [5.41, 5.74) is -1.10. The molecule has 88 valence electrons. The summed E-state index contributed by atoms with van der Waals surface area (Å²) in [5.74, 6) is -0.261. The lowest BCUT2D eigenvalue weighted by Crippen LogP contribution is -2.36. The Morgan fingerprint density at radius 1 is 1.56 bits per heavy atom. The van der Waals surface area contributed by atoms with Crippen LogP contribution < -0.4 is 16.6 Å². The first-order valence-electron chi connectivity index (χ1n) is 4.80. The smallest absolute Gasteiger partial charge is 0.328 e. The van der Waals surface area contributed by atoms with Gasteiger partial charge in [-0.3, -0.25) is 19.1 Å². The minimum Gasteiger partial charge on any atom is -0.355 e. The van der Waals surface area contributed by atoms with Gasteiger partial charge in [-0.05, 0) is 22.4 Å². The second kappa shape index (κ2) is 5.64. The van der Waals surface area contributed by atoms with Crippen LogP contribution in [0, 0.1) is 0 Å². The maximum absolute atomic E-state index is 11.3. The van der Waals surface area contributed by atoms with Crippen molar-refractivity contribution >= 4 is 21.8 Å². The molecule has 6 nitrogen and oxygen atoms in total. The van der Waals surface area contributed by atoms with Crippen LogP contribution in [0.1, 0.15) is 13.3 Å². The Morgan fingerprint density at radius 2 is 2.25 bits per heavy atom. The second-order valence-corrected chi connectivity index (χ2v) is 4.07. The summed E-state index contributed by atoms with van der Waals surface area (Å²) in [6, 6.07) is 0. The summed E-state index contributed by atoms with van der Waals surface area (Å²) < 4.78 is 1.35. The zero-order chi connectivity index (χ0) is 12.1. The van der Waals surface area contributed by atoms with Gasteiger partial charge >= 0.3 is 5.69 Å². The van der Waals surface area contributed by atoms with Crippen LogP contribution >= 0.6 is 15.9 Å². The van der Waals surface area contributed by atoms with Crippen LogP contribution in [0.2, 0.25) is 0 Å². The van der Waals surface area contributed by atoms with Crippen LogP contribution in [-0.4, -0.2) is 22.0 Å². The molecule has 1 heterocycles. The number of halogens is 1. The van der Waals surface area contributed by atoms with E-state index in [1.165, 1.54) is 6.20 Å². The summed E-state index contributed by atoms with van der Waals surface area (Å²) in [5, 5.41) is 2.64. The van der Waals surface area contributed by atoms with Gasteiger partial charge < -0.3 is 5.32 Å². The van der Waals surface area contributed by atoms with E-state index >= 15 is 0 Å². The molecule has 0 saturated carbocycles. The van der Waals surface area contributed by atoms with Gasteiger partial charge in [0.1, 0.15) is 6.54 Å². The average molecular weight is 290 g/mol. The minimum atomic E-state index is -0.597. The molecule has 1 aromatic heterocycles. The van der Waals surface area contributed by atoms with E-state index < -0.39 is 11.2 Å². The Kier molecular flexibility index (Phi) is 4.48. The van der Waals surface area contributed by atoms with Crippen LogP contribution in [0.25, 0.3) is 0 Å². The third-order valence-corrected chi connectivity index (χ3v) is 2.42. The molecule has 0 atom stereocenters. The molecule has 0 aliphatic carbocycles. The van der Waals surface area contributed by atoms with E-state index in [2.05, 4.69) is 26.2 Å². The molecule has 0 unspecified atom stereocenters. The molecule has 0 aromatic carbocycles. The molecule has 0 aliphatic rings. The van der Waals surface area contributed by atoms with E-state index in [0.29, 0.717) is 6.54 Å². The molecule has 0 radical (unpaired) electrons. The van der Waals surface area contributed by atoms with E-state index in [-0.39, 0.29) is 16.9 Å². The van der Waals surface area contributed by atoms with Crippen molar-refractivity contribution in [3.05, 3.63) is 31.5 Å². The van der Waals surface area contributed by atoms with Gasteiger partial charge in [-0.2, -0.15) is 0 Å². The number of nitrogens with zero attached hydrogens (tertiary/aromatic N) is 1. The lowest BCUT2D eigenvalue weighted by atomic mass is 10.4. The van der Waals surface area contributed by atoms with Gasteiger partial charge in [0.15, 0.2) is 0 Å². The highest BCUT2D eigenvalue weighted by Gasteiger charge is 2.06. The predicted octanol–water partition coefficient (Wildman–Crippen LogP) is -0.175. The van der Waals surface area contributed by atoms with Gasteiger partial charge in [0.2, 0.25) is 5.91 Å². The van der Waals surface area contributed by atoms with Crippen molar-refractivity contribution in [1.29, 1.82) is 0 Å². The van der Waals surface area contributed by atoms with E-state index in [1.807, 2.05) is 6.92 Å². The van der Waals surface area contributed by atoms with E-state index in [1.54, 1.807) is 0 Å². The van der Waals surface area contributed by atoms with E-state index in [9.17, 15) is 14.4 Å². The van der Waals surface area contributed by atoms with Crippen LogP contribution in [0.3, 0.4) is 0 Å². The molecule has 0 aliphatic heterocycles. The predicted molar refractivity (Wildman–Crippen MR) is 62.3 cm³/mol. The molecule has 16 heavy (non-hydrogen) atoms. The SMILES string of the molecule is CCCNC(=O)Cn1cc(Br)c(=O)[nH]c1=O. The van der Waals surface area contributed by atoms with Crippen molar-refractivity contribution in [1.82, 2.24) is 14.9 Å². The molecule has 0 spiro atoms. The normalized spacial score (nSPS) is 10.1. The zero-order valence-electron chi connectivity index (χ0n) is 8.75. The van der Waals surface area contributed by atoms with Crippen molar-refractivity contribution in [3.8, 4) is 0 Å². The molecular formula is C9H12BrN3O3. The van der Waals surface area contributed by atoms with Crippen LogP contribution in [0.4, 0.5) is 0 Å². The highest BCUT2D eigenvalue weighted by Crippen LogP contribution is 1.97. The van der Waals surface area contributed by atoms with Crippen molar-refractivity contribution < 1.29 is 4.79 Å². The molecule has 2 N–H and O–H groups in total. The van der Waals surface area contributed by atoms with E-state index in [4.69, 9.17) is 0 Å². The summed E-state index contributed by atoms with van der Waals surface area (Å²) in [7, 11) is 0. The topological polar surface area (TPSA) is 84.0 Å². The summed E-state index contributed by atoms with van der Waals surface area (Å²) >= 11 is 2.99. The number of aromatic nitrogens is 2. The van der Waals surface area contributed by atoms with Gasteiger partial charge in [-0.15, -0.1) is 0 Å². The van der Waals surface area contributed by atoms with Gasteiger partial charge in [0.05, 0.1) is 4.47 Å². The van der Waals surface area contributed by atoms with Gasteiger partial charge in [-0.25, -0.2) is 4.79 Å². The fraction of sp³-hybridized carbons (Fsp3) is 0.444. The quantitative estimate of drug-likeness (QED) is 0.807. The molecule has 0 fully saturated rings. The number of carbonyl (C=O) groups excluding carboxylic acids is 1. The van der Waals surface area contributed by atoms with Crippen molar-refractivity contribution in [2.75, 3.05) is 6.54 Å². The third kappa shape index (κ3) is 3.34. The lowest BCUT2D eigenvalue weighted by molar-refractivity contribution is -0.121. The minimum absolute atomic E-state index is 0.103. The Balaban J connectivity index is 2.82.